The highest BCUT2D eigenvalue weighted by atomic mass is 16.5. The van der Waals surface area contributed by atoms with E-state index in [0.29, 0.717) is 28.6 Å². The van der Waals surface area contributed by atoms with E-state index in [1.165, 1.54) is 16.4 Å². The van der Waals surface area contributed by atoms with Crippen LogP contribution in [0.5, 0.6) is 0 Å². The molecule has 0 saturated carbocycles. The molecule has 0 amide bonds. The summed E-state index contributed by atoms with van der Waals surface area (Å²) in [5.74, 6) is 0.664. The van der Waals surface area contributed by atoms with Gasteiger partial charge in [0.1, 0.15) is 13.2 Å². The van der Waals surface area contributed by atoms with Crippen molar-refractivity contribution in [3.8, 4) is 62.1 Å². The zero-order valence-electron chi connectivity index (χ0n) is 51.9. The van der Waals surface area contributed by atoms with Crippen molar-refractivity contribution in [1.29, 1.82) is 0 Å². The van der Waals surface area contributed by atoms with Crippen LogP contribution < -0.4 is 26.2 Å². The molecule has 96 heavy (non-hydrogen) atoms. The second kappa shape index (κ2) is 24.4. The summed E-state index contributed by atoms with van der Waals surface area (Å²) in [5, 5.41) is 1.50. The van der Waals surface area contributed by atoms with E-state index >= 15 is 0 Å². The molecule has 0 saturated heterocycles. The quantitative estimate of drug-likeness (QED) is 0.0778. The van der Waals surface area contributed by atoms with Gasteiger partial charge in [0.2, 0.25) is 0 Å². The first-order valence-corrected chi connectivity index (χ1v) is 32.1. The predicted octanol–water partition coefficient (Wildman–Crippen LogP) is 18.1. The Labute approximate surface area is 555 Å². The molecule has 10 nitrogen and oxygen atoms in total. The summed E-state index contributed by atoms with van der Waals surface area (Å²) >= 11 is 0. The van der Waals surface area contributed by atoms with Gasteiger partial charge in [-0.1, -0.05) is 218 Å². The molecule has 0 radical (unpaired) electrons. The van der Waals surface area contributed by atoms with Gasteiger partial charge in [-0.2, -0.15) is 0 Å². The molecule has 4 heterocycles. The van der Waals surface area contributed by atoms with Gasteiger partial charge >= 0.3 is 11.9 Å². The van der Waals surface area contributed by atoms with E-state index in [0.717, 1.165) is 112 Å². The minimum absolute atomic E-state index is 0.0256. The number of para-hydroxylation sites is 4. The number of hydrogen-bond acceptors (Lipinski definition) is 9. The van der Waals surface area contributed by atoms with Crippen LogP contribution in [0.15, 0.2) is 322 Å². The molecule has 17 rings (SSSR count). The van der Waals surface area contributed by atoms with Gasteiger partial charge in [0, 0.05) is 67.2 Å². The topological polar surface area (TPSA) is 103 Å². The molecule has 0 bridgehead atoms. The molecule has 0 fully saturated rings. The lowest BCUT2D eigenvalue weighted by atomic mass is 9.33. The maximum absolute atomic E-state index is 14.1. The number of esters is 2. The minimum atomic E-state index is -0.467. The van der Waals surface area contributed by atoms with Gasteiger partial charge in [-0.25, -0.2) is 24.5 Å². The summed E-state index contributed by atoms with van der Waals surface area (Å²) in [6.45, 7) is 0.200. The summed E-state index contributed by atoms with van der Waals surface area (Å²) in [6.07, 6.45) is 0. The number of benzene rings is 13. The monoisotopic (exact) mass is 1240 g/mol. The Morgan fingerprint density at radius 2 is 0.719 bits per heavy atom. The maximum atomic E-state index is 14.1. The van der Waals surface area contributed by atoms with Gasteiger partial charge in [0.25, 0.3) is 6.71 Å². The van der Waals surface area contributed by atoms with Crippen LogP contribution in [0.4, 0.5) is 34.1 Å². The molecular weight excluding hydrogens is 1180 g/mol. The van der Waals surface area contributed by atoms with Crippen LogP contribution in [-0.2, 0) is 22.7 Å². The molecule has 0 aliphatic carbocycles. The lowest BCUT2D eigenvalue weighted by molar-refractivity contribution is 0.0464. The van der Waals surface area contributed by atoms with Crippen LogP contribution in [0.3, 0.4) is 0 Å². The standard InChI is InChI=1S/C85H57BN6O4/c93-84(95-54-56-23-7-1-8-24-56)63-44-47-74-69(50-63)70-51-64(85(94)96-55-57-25-9-2-10-26-57)45-48-75(70)92(74)73-46-43-62(83-88-81(60-27-11-3-12-28-60)87-82(89-83)61-29-13-4-14-30-61)49-68(73)59-41-39-58(40-42-59)65-52-78-80-79(53-65)91(67-33-17-6-18-34-67)77-38-22-20-36-72(77)86(80)71-35-19-21-37-76(71)90(78)66-31-15-5-16-32-66/h1-53H,54-55H2. The Balaban J connectivity index is 0.857. The van der Waals surface area contributed by atoms with Crippen LogP contribution in [0.1, 0.15) is 31.8 Å². The molecule has 454 valence electrons. The van der Waals surface area contributed by atoms with E-state index < -0.39 is 11.9 Å². The van der Waals surface area contributed by atoms with Gasteiger partial charge in [0.05, 0.1) is 27.8 Å². The largest absolute Gasteiger partial charge is 0.457 e. The SMILES string of the molecule is O=C(OCc1ccccc1)c1ccc2c(c1)c1cc(C(=O)OCc3ccccc3)ccc1n2-c1ccc(-c2nc(-c3ccccc3)nc(-c3ccccc3)n2)cc1-c1ccc(-c2cc3c4c(c2)N(c2ccccc2)c2ccccc2B4c2ccccc2N3c2ccccc2)cc1. The zero-order valence-corrected chi connectivity index (χ0v) is 51.9. The molecule has 0 atom stereocenters. The van der Waals surface area contributed by atoms with Gasteiger partial charge in [-0.15, -0.1) is 0 Å². The normalized spacial score (nSPS) is 12.1. The van der Waals surface area contributed by atoms with Crippen LogP contribution in [0, 0.1) is 0 Å². The minimum Gasteiger partial charge on any atom is -0.457 e. The van der Waals surface area contributed by atoms with Crippen molar-refractivity contribution in [3.63, 3.8) is 0 Å². The third-order valence-electron chi connectivity index (χ3n) is 18.3. The highest BCUT2D eigenvalue weighted by Crippen LogP contribution is 2.47. The van der Waals surface area contributed by atoms with Crippen LogP contribution in [0.25, 0.3) is 83.9 Å². The first kappa shape index (κ1) is 57.2. The molecular formula is C85H57BN6O4. The van der Waals surface area contributed by atoms with E-state index in [4.69, 9.17) is 24.4 Å². The number of rotatable bonds is 14. The zero-order chi connectivity index (χ0) is 64.1. The van der Waals surface area contributed by atoms with E-state index in [1.807, 2.05) is 158 Å². The first-order valence-electron chi connectivity index (χ1n) is 32.1. The Hall–Kier alpha value is -12.7. The molecule has 0 N–H and O–H groups in total. The molecule has 2 aliphatic heterocycles. The summed E-state index contributed by atoms with van der Waals surface area (Å²) < 4.78 is 14.1. The summed E-state index contributed by atoms with van der Waals surface area (Å²) in [4.78, 5) is 48.6. The maximum Gasteiger partial charge on any atom is 0.338 e. The van der Waals surface area contributed by atoms with E-state index in [2.05, 4.69) is 178 Å². The second-order valence-electron chi connectivity index (χ2n) is 24.1. The Bertz CT molecular complexity index is 5180. The summed E-state index contributed by atoms with van der Waals surface area (Å²) in [7, 11) is 0. The Kier molecular flexibility index (Phi) is 14.5. The number of nitrogens with zero attached hydrogens (tertiary/aromatic N) is 6. The highest BCUT2D eigenvalue weighted by molar-refractivity contribution is 7.00. The Morgan fingerprint density at radius 1 is 0.323 bits per heavy atom. The van der Waals surface area contributed by atoms with Crippen LogP contribution in [0.2, 0.25) is 0 Å². The summed E-state index contributed by atoms with van der Waals surface area (Å²) in [6, 6.07) is 110. The van der Waals surface area contributed by atoms with Crippen molar-refractivity contribution < 1.29 is 19.1 Å². The molecule has 2 aliphatic rings. The van der Waals surface area contributed by atoms with Crippen molar-refractivity contribution in [2.24, 2.45) is 0 Å². The lowest BCUT2D eigenvalue weighted by Crippen LogP contribution is -2.61. The van der Waals surface area contributed by atoms with Crippen molar-refractivity contribution in [2.45, 2.75) is 13.2 Å². The number of aromatic nitrogens is 4. The highest BCUT2D eigenvalue weighted by Gasteiger charge is 2.43. The fourth-order valence-corrected chi connectivity index (χ4v) is 13.8. The van der Waals surface area contributed by atoms with E-state index in [9.17, 15) is 9.59 Å². The molecule has 0 spiro atoms. The second-order valence-corrected chi connectivity index (χ2v) is 24.1. The van der Waals surface area contributed by atoms with Crippen LogP contribution >= 0.6 is 0 Å². The van der Waals surface area contributed by atoms with Crippen molar-refractivity contribution >= 4 is 91.0 Å². The number of carbonyl (C=O) groups is 2. The predicted molar refractivity (Wildman–Crippen MR) is 386 cm³/mol. The van der Waals surface area contributed by atoms with Crippen molar-refractivity contribution in [2.75, 3.05) is 9.80 Å². The van der Waals surface area contributed by atoms with Gasteiger partial charge in [0.15, 0.2) is 17.5 Å². The number of anilines is 6. The third kappa shape index (κ3) is 10.4. The fraction of sp³-hybridized carbons (Fsp3) is 0.0235. The first-order chi connectivity index (χ1) is 47.4. The Morgan fingerprint density at radius 3 is 1.19 bits per heavy atom. The van der Waals surface area contributed by atoms with Crippen molar-refractivity contribution in [3.05, 3.63) is 344 Å². The average molecular weight is 1240 g/mol. The van der Waals surface area contributed by atoms with Gasteiger partial charge in [-0.05, 0) is 147 Å². The van der Waals surface area contributed by atoms with Crippen molar-refractivity contribution in [1.82, 2.24) is 19.5 Å². The number of ether oxygens (including phenoxy) is 2. The number of hydrogen-bond donors (Lipinski definition) is 0. The molecule has 11 heteroatoms. The average Bonchev–Trinajstić information content (AvgIpc) is 0.790. The molecule has 13 aromatic carbocycles. The van der Waals surface area contributed by atoms with Crippen LogP contribution in [-0.4, -0.2) is 38.2 Å². The fourth-order valence-electron chi connectivity index (χ4n) is 13.8. The lowest BCUT2D eigenvalue weighted by Gasteiger charge is -2.44. The smallest absolute Gasteiger partial charge is 0.338 e. The number of fused-ring (bicyclic) bond motifs is 7. The summed E-state index contributed by atoms with van der Waals surface area (Å²) in [5.41, 5.74) is 21.7. The molecule has 2 aromatic heterocycles. The molecule has 0 unspecified atom stereocenters. The van der Waals surface area contributed by atoms with Gasteiger partial charge in [-0.3, -0.25) is 0 Å². The van der Waals surface area contributed by atoms with E-state index in [1.54, 1.807) is 0 Å². The number of carbonyl (C=O) groups excluding carboxylic acids is 2. The molecule has 15 aromatic rings. The van der Waals surface area contributed by atoms with E-state index in [-0.39, 0.29) is 19.9 Å². The van der Waals surface area contributed by atoms with Gasteiger partial charge < -0.3 is 23.8 Å². The third-order valence-corrected chi connectivity index (χ3v) is 18.3.